The van der Waals surface area contributed by atoms with Crippen LogP contribution in [0.3, 0.4) is 0 Å². The number of nitrogens with two attached hydrogens (primary N) is 1. The highest BCUT2D eigenvalue weighted by molar-refractivity contribution is 5.99. The van der Waals surface area contributed by atoms with Gasteiger partial charge in [0.25, 0.3) is 5.56 Å². The van der Waals surface area contributed by atoms with Gasteiger partial charge in [-0.05, 0) is 31.2 Å². The smallest absolute Gasteiger partial charge is 0.310 e. The van der Waals surface area contributed by atoms with Crippen molar-refractivity contribution in [1.82, 2.24) is 24.5 Å². The Morgan fingerprint density at radius 2 is 1.85 bits per heavy atom. The molecule has 0 amide bonds. The van der Waals surface area contributed by atoms with Crippen LogP contribution in [0, 0.1) is 0 Å². The van der Waals surface area contributed by atoms with Crippen LogP contribution in [0.4, 0.5) is 0 Å². The number of fused-ring (bicyclic) bond motifs is 4. The van der Waals surface area contributed by atoms with Gasteiger partial charge in [-0.15, -0.1) is 0 Å². The number of carbonyl (C=O) groups excluding carboxylic acids is 1. The zero-order valence-corrected chi connectivity index (χ0v) is 18.2. The zero-order chi connectivity index (χ0) is 23.4. The Balaban J connectivity index is 1.54. The Hall–Kier alpha value is -4.38. The number of carbonyl (C=O) groups is 1. The number of rotatable bonds is 5. The Morgan fingerprint density at radius 1 is 1.12 bits per heavy atom. The number of aromatic nitrogens is 5. The van der Waals surface area contributed by atoms with E-state index >= 15 is 0 Å². The van der Waals surface area contributed by atoms with Crippen LogP contribution in [0.5, 0.6) is 17.5 Å². The van der Waals surface area contributed by atoms with Crippen LogP contribution in [-0.2, 0) is 11.3 Å². The molecule has 0 spiro atoms. The number of aromatic amines is 2. The predicted molar refractivity (Wildman–Crippen MR) is 124 cm³/mol. The SMILES string of the molecule is CC(=O)Oc1nc2cc3[nH]c(=O)c(-c4cn(CCCN)c5cc6c(cc45)OCO6)nc3cc2[nH]1. The Morgan fingerprint density at radius 3 is 2.62 bits per heavy atom. The second kappa shape index (κ2) is 7.59. The van der Waals surface area contributed by atoms with Crippen molar-refractivity contribution in [2.24, 2.45) is 5.73 Å². The molecule has 172 valence electrons. The molecule has 5 aromatic rings. The highest BCUT2D eigenvalue weighted by Gasteiger charge is 2.21. The summed E-state index contributed by atoms with van der Waals surface area (Å²) in [6, 6.07) is 7.32. The number of H-pyrrole nitrogens is 2. The van der Waals surface area contributed by atoms with E-state index in [0.29, 0.717) is 52.2 Å². The van der Waals surface area contributed by atoms with Crippen LogP contribution in [0.25, 0.3) is 44.2 Å². The van der Waals surface area contributed by atoms with Crippen LogP contribution < -0.4 is 25.5 Å². The summed E-state index contributed by atoms with van der Waals surface area (Å²) in [5.41, 5.74) is 9.51. The number of nitrogens with zero attached hydrogens (tertiary/aromatic N) is 3. The van der Waals surface area contributed by atoms with Gasteiger partial charge in [0.15, 0.2) is 11.5 Å². The Labute approximate surface area is 191 Å². The molecule has 1 aliphatic heterocycles. The number of aryl methyl sites for hydroxylation is 1. The predicted octanol–water partition coefficient (Wildman–Crippen LogP) is 2.42. The number of esters is 1. The van der Waals surface area contributed by atoms with E-state index in [0.717, 1.165) is 17.3 Å². The number of ether oxygens (including phenoxy) is 3. The molecule has 11 heteroatoms. The molecular weight excluding hydrogens is 440 g/mol. The fourth-order valence-electron chi connectivity index (χ4n) is 4.25. The minimum Gasteiger partial charge on any atom is -0.454 e. The standard InChI is InChI=1S/C23H20N6O5/c1-11(30)34-23-27-16-6-14-15(7-17(16)28-23)26-22(31)21(25-14)13-9-29(4-2-3-24)18-8-20-19(5-12(13)18)32-10-33-20/h5-9H,2-4,10,24H2,1H3,(H,26,31)(H,27,28). The summed E-state index contributed by atoms with van der Waals surface area (Å²) in [5.74, 6) is 0.806. The summed E-state index contributed by atoms with van der Waals surface area (Å²) < 4.78 is 18.2. The van der Waals surface area contributed by atoms with E-state index in [2.05, 4.69) is 15.0 Å². The molecule has 11 nitrogen and oxygen atoms in total. The van der Waals surface area contributed by atoms with Gasteiger partial charge in [0, 0.05) is 36.7 Å². The summed E-state index contributed by atoms with van der Waals surface area (Å²) in [4.78, 5) is 39.1. The van der Waals surface area contributed by atoms with E-state index in [-0.39, 0.29) is 24.1 Å². The number of hydrogen-bond acceptors (Lipinski definition) is 8. The van der Waals surface area contributed by atoms with Crippen molar-refractivity contribution >= 4 is 38.9 Å². The van der Waals surface area contributed by atoms with E-state index in [1.165, 1.54) is 6.92 Å². The van der Waals surface area contributed by atoms with E-state index < -0.39 is 5.97 Å². The molecular formula is C23H20N6O5. The third-order valence-electron chi connectivity index (χ3n) is 5.75. The maximum absolute atomic E-state index is 13.1. The lowest BCUT2D eigenvalue weighted by Crippen LogP contribution is -2.11. The van der Waals surface area contributed by atoms with Crippen LogP contribution in [-0.4, -0.2) is 43.8 Å². The van der Waals surface area contributed by atoms with Crippen molar-refractivity contribution in [2.75, 3.05) is 13.3 Å². The molecule has 3 aromatic heterocycles. The monoisotopic (exact) mass is 460 g/mol. The quantitative estimate of drug-likeness (QED) is 0.338. The molecule has 2 aromatic carbocycles. The molecule has 4 N–H and O–H groups in total. The largest absolute Gasteiger partial charge is 0.454 e. The minimum absolute atomic E-state index is 0.0828. The highest BCUT2D eigenvalue weighted by atomic mass is 16.7. The first-order chi connectivity index (χ1) is 16.5. The maximum Gasteiger partial charge on any atom is 0.310 e. The molecule has 34 heavy (non-hydrogen) atoms. The van der Waals surface area contributed by atoms with Gasteiger partial charge in [0.05, 0.1) is 27.6 Å². The van der Waals surface area contributed by atoms with Gasteiger partial charge in [-0.25, -0.2) is 4.98 Å². The second-order valence-corrected chi connectivity index (χ2v) is 8.04. The lowest BCUT2D eigenvalue weighted by Gasteiger charge is -2.04. The van der Waals surface area contributed by atoms with Crippen LogP contribution >= 0.6 is 0 Å². The van der Waals surface area contributed by atoms with Crippen molar-refractivity contribution in [2.45, 2.75) is 19.9 Å². The first kappa shape index (κ1) is 20.2. The normalized spacial score (nSPS) is 12.8. The highest BCUT2D eigenvalue weighted by Crippen LogP contribution is 2.40. The van der Waals surface area contributed by atoms with Gasteiger partial charge in [-0.2, -0.15) is 4.98 Å². The molecule has 0 unspecified atom stereocenters. The van der Waals surface area contributed by atoms with E-state index in [1.54, 1.807) is 12.1 Å². The lowest BCUT2D eigenvalue weighted by atomic mass is 10.1. The first-order valence-electron chi connectivity index (χ1n) is 10.8. The van der Waals surface area contributed by atoms with Crippen molar-refractivity contribution < 1.29 is 19.0 Å². The molecule has 4 heterocycles. The van der Waals surface area contributed by atoms with Crippen molar-refractivity contribution in [3.8, 4) is 28.8 Å². The van der Waals surface area contributed by atoms with Crippen LogP contribution in [0.1, 0.15) is 13.3 Å². The maximum atomic E-state index is 13.1. The molecule has 0 bridgehead atoms. The summed E-state index contributed by atoms with van der Waals surface area (Å²) in [7, 11) is 0. The molecule has 0 atom stereocenters. The summed E-state index contributed by atoms with van der Waals surface area (Å²) >= 11 is 0. The van der Waals surface area contributed by atoms with Gasteiger partial charge in [0.1, 0.15) is 5.69 Å². The van der Waals surface area contributed by atoms with E-state index in [1.807, 2.05) is 22.9 Å². The van der Waals surface area contributed by atoms with Crippen LogP contribution in [0.2, 0.25) is 0 Å². The first-order valence-corrected chi connectivity index (χ1v) is 10.8. The topological polar surface area (TPSA) is 150 Å². The minimum atomic E-state index is -0.482. The lowest BCUT2D eigenvalue weighted by molar-refractivity contribution is -0.132. The summed E-state index contributed by atoms with van der Waals surface area (Å²) in [5, 5.41) is 0.832. The van der Waals surface area contributed by atoms with Crippen molar-refractivity contribution in [1.29, 1.82) is 0 Å². The number of benzene rings is 2. The average molecular weight is 460 g/mol. The number of nitrogens with one attached hydrogen (secondary N) is 2. The third kappa shape index (κ3) is 3.25. The Bertz CT molecular complexity index is 1660. The van der Waals surface area contributed by atoms with Gasteiger partial charge < -0.3 is 34.5 Å². The molecule has 0 fully saturated rings. The van der Waals surface area contributed by atoms with Gasteiger partial charge in [-0.1, -0.05) is 0 Å². The summed E-state index contributed by atoms with van der Waals surface area (Å²) in [6.45, 7) is 2.69. The average Bonchev–Trinajstić information content (AvgIpc) is 3.50. The molecule has 0 saturated heterocycles. The number of hydrogen-bond donors (Lipinski definition) is 3. The molecule has 0 aliphatic carbocycles. The zero-order valence-electron chi connectivity index (χ0n) is 18.2. The van der Waals surface area contributed by atoms with Gasteiger partial charge >= 0.3 is 12.0 Å². The van der Waals surface area contributed by atoms with Gasteiger partial charge in [0.2, 0.25) is 6.79 Å². The van der Waals surface area contributed by atoms with Crippen molar-refractivity contribution in [3.05, 3.63) is 40.8 Å². The van der Waals surface area contributed by atoms with E-state index in [4.69, 9.17) is 24.9 Å². The number of imidazole rings is 1. The second-order valence-electron chi connectivity index (χ2n) is 8.04. The molecule has 6 rings (SSSR count). The van der Waals surface area contributed by atoms with E-state index in [9.17, 15) is 9.59 Å². The van der Waals surface area contributed by atoms with Gasteiger partial charge in [-0.3, -0.25) is 9.59 Å². The fourth-order valence-corrected chi connectivity index (χ4v) is 4.25. The molecule has 0 radical (unpaired) electrons. The van der Waals surface area contributed by atoms with Crippen LogP contribution in [0.15, 0.2) is 35.3 Å². The third-order valence-corrected chi connectivity index (χ3v) is 5.75. The molecule has 1 aliphatic rings. The molecule has 0 saturated carbocycles. The summed E-state index contributed by atoms with van der Waals surface area (Å²) in [6.07, 6.45) is 2.69. The van der Waals surface area contributed by atoms with Crippen molar-refractivity contribution in [3.63, 3.8) is 0 Å². The fraction of sp³-hybridized carbons (Fsp3) is 0.217. The Kier molecular flexibility index (Phi) is 4.52.